The van der Waals surface area contributed by atoms with Gasteiger partial charge in [-0.3, -0.25) is 23.1 Å². The first kappa shape index (κ1) is 60.2. The minimum absolute atomic E-state index is 0. The van der Waals surface area contributed by atoms with E-state index in [1.54, 1.807) is 46.7 Å². The lowest BCUT2D eigenvalue weighted by molar-refractivity contribution is -0.225. The third-order valence-electron chi connectivity index (χ3n) is 15.1. The molecule has 8 aliphatic rings. The quantitative estimate of drug-likeness (QED) is 0.0945. The van der Waals surface area contributed by atoms with E-state index >= 15 is 4.39 Å². The lowest BCUT2D eigenvalue weighted by Crippen LogP contribution is -2.51. The van der Waals surface area contributed by atoms with Crippen molar-refractivity contribution in [1.29, 1.82) is 1.43 Å². The number of alkyl halides is 1. The molecular weight excluding hydrogens is 1210 g/mol. The average molecular weight is 1280 g/mol. The van der Waals surface area contributed by atoms with E-state index in [4.69, 9.17) is 77.9 Å². The largest absolute Gasteiger partial charge is 0.780 e. The van der Waals surface area contributed by atoms with E-state index in [1.807, 2.05) is 38.5 Å². The molecule has 1 spiro atoms. The first-order valence-corrected chi connectivity index (χ1v) is 33.2. The molecule has 16 atom stereocenters. The third-order valence-corrected chi connectivity index (χ3v) is 18.8. The molecule has 36 heteroatoms. The van der Waals surface area contributed by atoms with E-state index in [2.05, 4.69) is 55.3 Å². The molecule has 7 aromatic rings. The number of aromatic nitrogens is 12. The van der Waals surface area contributed by atoms with Crippen LogP contribution in [0.2, 0.25) is 0 Å². The van der Waals surface area contributed by atoms with E-state index in [0.717, 1.165) is 0 Å². The van der Waals surface area contributed by atoms with Crippen LogP contribution < -0.4 is 27.2 Å². The fourth-order valence-electron chi connectivity index (χ4n) is 11.1. The van der Waals surface area contributed by atoms with Crippen LogP contribution in [0.4, 0.5) is 10.2 Å². The van der Waals surface area contributed by atoms with Crippen molar-refractivity contribution in [1.82, 2.24) is 70.9 Å². The van der Waals surface area contributed by atoms with Gasteiger partial charge in [0.25, 0.3) is 5.91 Å². The fourth-order valence-corrected chi connectivity index (χ4v) is 14.7. The van der Waals surface area contributed by atoms with Crippen LogP contribution in [0, 0.1) is 0 Å². The number of fused-ring (bicyclic) bond motifs is 13. The minimum atomic E-state index is -4.48. The summed E-state index contributed by atoms with van der Waals surface area (Å²) in [4.78, 5) is 65.7. The first-order chi connectivity index (χ1) is 40.9. The summed E-state index contributed by atoms with van der Waals surface area (Å²) in [6.45, 7) is -2.14. The number of halogens is 1. The molecule has 0 radical (unpaired) electrons. The van der Waals surface area contributed by atoms with Crippen LogP contribution in [-0.4, -0.2) is 177 Å². The van der Waals surface area contributed by atoms with Crippen LogP contribution in [0.3, 0.4) is 0 Å². The Morgan fingerprint density at radius 1 is 0.871 bits per heavy atom. The molecule has 6 fully saturated rings. The summed E-state index contributed by atoms with van der Waals surface area (Å²) in [5.41, 5.74) is 1.14. The molecule has 30 nitrogen and oxygen atoms in total. The number of carbonyl (C=O) groups excluding carboxylic acids is 1. The first-order valence-electron chi connectivity index (χ1n) is 27.0. The summed E-state index contributed by atoms with van der Waals surface area (Å²) in [6.07, 6.45) is 1.65. The molecule has 14 heterocycles. The van der Waals surface area contributed by atoms with Crippen LogP contribution in [0.15, 0.2) is 80.4 Å². The van der Waals surface area contributed by atoms with Crippen LogP contribution in [0.1, 0.15) is 63.3 Å². The molecule has 15 rings (SSSR count). The standard InChI is InChI=1S/C27H29FN8O10P2S2.C21H24N5O4P.CH4O.2H3N/c1-13-27-8-41-48(38,50)45-19-15-7-40-47(37,49)46-21(27)20(42-13)26(44-27)36-11-33-17-14(29-9-30-22(17)36)5-3-2-4-6-39-24-18-23(31-10-32-24)35(12-34-18)25(43-15)16(19)28;1-12-21(2)16(30-31(3)4)15(28-12)20(29-21)26-11-24-14-17(22-10-23-18(14)26)25-19(27)13-8-6-5-7-9-13;1-2;;/h2,4,9-13,15-16,19-21,25-26H,3,5-8H2,1H3,(H,37,49)(H,38,50);5-12,15-16,20H,1-4H3,(H,22,23,25,27);2H,1H3;2*1H3/b4-2+;;;;/t13-,15+,16+,19+,20+,21-,25+,26+,27?,47?,48?;12-,15+,16-,20+,21-;;;/m00.../s1/i;2D;2T;;. The second-order valence-electron chi connectivity index (χ2n) is 20.2. The normalized spacial score (nSPS) is 35.3. The summed E-state index contributed by atoms with van der Waals surface area (Å²) in [5, 5.41) is 6.31. The van der Waals surface area contributed by atoms with Gasteiger partial charge in [-0.25, -0.2) is 44.3 Å². The highest BCUT2D eigenvalue weighted by Gasteiger charge is 2.68. The zero-order valence-corrected chi connectivity index (χ0v) is 51.0. The Labute approximate surface area is 499 Å². The number of anilines is 1. The molecule has 0 saturated carbocycles. The summed E-state index contributed by atoms with van der Waals surface area (Å²) in [5.74, 6) is 0.188. The maximum absolute atomic E-state index is 16.4. The number of aliphatic hydroxyl groups is 1. The number of hydrogen-bond acceptors (Lipinski definition) is 26. The number of nitrogens with one attached hydrogen (secondary N) is 1. The summed E-state index contributed by atoms with van der Waals surface area (Å²) in [7, 11) is 0.621. The summed E-state index contributed by atoms with van der Waals surface area (Å²) < 4.78 is 115. The number of benzene rings is 1. The SMILES string of the molecule is C[C@@H]1O[C@H]2[C@H]3OC14COP(=O)([S-])O[C@H]1[C@@H](F)[C@@H](O[C@@H]1COP([O-])(=S)O[C@@H]24)n1cnc2c(ncnc21)OC/C=C/CCc1ncnc2c1ncn23.[2H]C[C@]12O[C@@H](n3cnc4c(NC(=O)c5ccccc5)ncnc43)[C@H](O[C@H]1C)[C@@H]2OP(C)C.[3H]OC.[NH4+].[NH4+]. The predicted octanol–water partition coefficient (Wildman–Crippen LogP) is 5.45. The van der Waals surface area contributed by atoms with Gasteiger partial charge < -0.3 is 90.9 Å². The Kier molecular flexibility index (Phi) is 17.6. The van der Waals surface area contributed by atoms with Gasteiger partial charge in [0.2, 0.25) is 7.31 Å². The maximum Gasteiger partial charge on any atom is 0.256 e. The Balaban J connectivity index is 0.000000196. The van der Waals surface area contributed by atoms with Crippen LogP contribution >= 0.6 is 21.7 Å². The van der Waals surface area contributed by atoms with Gasteiger partial charge in [-0.2, -0.15) is 4.98 Å². The summed E-state index contributed by atoms with van der Waals surface area (Å²) in [6, 6.07) is 8.90. The number of rotatable bonds is 5. The van der Waals surface area contributed by atoms with Gasteiger partial charge >= 0.3 is 0 Å². The zero-order valence-electron chi connectivity index (χ0n) is 48.7. The van der Waals surface area contributed by atoms with E-state index in [9.17, 15) is 14.3 Å². The van der Waals surface area contributed by atoms with Gasteiger partial charge in [0.15, 0.2) is 65.4 Å². The average Bonchev–Trinajstić information content (AvgIpc) is 1.57. The van der Waals surface area contributed by atoms with E-state index in [0.29, 0.717) is 52.2 Å². The van der Waals surface area contributed by atoms with E-state index in [-0.39, 0.29) is 61.0 Å². The molecule has 1 amide bonds. The highest BCUT2D eigenvalue weighted by atomic mass is 32.7. The van der Waals surface area contributed by atoms with Crippen LogP contribution in [0.5, 0.6) is 5.88 Å². The lowest BCUT2D eigenvalue weighted by Gasteiger charge is -2.41. The van der Waals surface area contributed by atoms with E-state index < -0.39 is 108 Å². The molecule has 6 aromatic heterocycles. The van der Waals surface area contributed by atoms with Gasteiger partial charge in [-0.1, -0.05) is 42.2 Å². The van der Waals surface area contributed by atoms with Crippen LogP contribution in [-0.2, 0) is 81.3 Å². The van der Waals surface area contributed by atoms with Crippen molar-refractivity contribution >= 4 is 90.9 Å². The highest BCUT2D eigenvalue weighted by Crippen LogP contribution is 2.60. The van der Waals surface area contributed by atoms with E-state index in [1.165, 1.54) is 43.3 Å². The smallest absolute Gasteiger partial charge is 0.256 e. The van der Waals surface area contributed by atoms with Gasteiger partial charge in [0.05, 0.1) is 50.1 Å². The van der Waals surface area contributed by atoms with Crippen molar-refractivity contribution in [3.05, 3.63) is 91.7 Å². The number of ether oxygens (including phenoxy) is 6. The van der Waals surface area contributed by atoms with Gasteiger partial charge in [0.1, 0.15) is 85.7 Å². The Morgan fingerprint density at radius 2 is 1.52 bits per heavy atom. The van der Waals surface area contributed by atoms with Crippen molar-refractivity contribution in [3.8, 4) is 5.88 Å². The number of hydrogen-bond donors (Lipinski definition) is 4. The molecule has 458 valence electrons. The summed E-state index contributed by atoms with van der Waals surface area (Å²) >= 11 is 10.6. The Hall–Kier alpha value is -5.09. The molecule has 3 unspecified atom stereocenters. The number of quaternary nitrogens is 2. The monoisotopic (exact) mass is 1280 g/mol. The fraction of sp³-hybridized carbons (Fsp3) is 0.510. The second kappa shape index (κ2) is 24.8. The van der Waals surface area contributed by atoms with Gasteiger partial charge in [-0.05, 0) is 59.1 Å². The number of allylic oxidation sites excluding steroid dienone is 1. The Morgan fingerprint density at radius 3 is 2.25 bits per heavy atom. The topological polar surface area (TPSA) is 395 Å². The molecule has 1 aromatic carbocycles. The Bertz CT molecular complexity index is 3750. The zero-order chi connectivity index (χ0) is 59.6. The molecule has 0 aliphatic carbocycles. The second-order valence-corrected chi connectivity index (χ2v) is 27.4. The number of amides is 1. The molecule has 6 saturated heterocycles. The van der Waals surface area contributed by atoms with Gasteiger partial charge in [0, 0.05) is 22.2 Å². The number of carbonyl (C=O) groups is 1. The van der Waals surface area contributed by atoms with Gasteiger partial charge in [-0.15, -0.1) is 0 Å². The minimum Gasteiger partial charge on any atom is -0.780 e. The number of aliphatic hydroxyl groups excluding tert-OH is 1. The predicted molar refractivity (Wildman–Crippen MR) is 307 cm³/mol. The number of imidazole rings is 3. The molecular formula is C49H63FN15O15P3S2. The molecule has 17 bridgehead atoms. The van der Waals surface area contributed by atoms with Crippen molar-refractivity contribution in [3.63, 3.8) is 0 Å². The molecule has 10 N–H and O–H groups in total. The number of aryl methyl sites for hydroxylation is 1. The van der Waals surface area contributed by atoms with Crippen molar-refractivity contribution in [2.45, 2.75) is 118 Å². The third kappa shape index (κ3) is 11.4. The maximum atomic E-state index is 16.4. The lowest BCUT2D eigenvalue weighted by atomic mass is 9.94. The van der Waals surface area contributed by atoms with Crippen molar-refractivity contribution in [2.24, 2.45) is 0 Å². The van der Waals surface area contributed by atoms with Crippen molar-refractivity contribution in [2.75, 3.05) is 45.6 Å². The van der Waals surface area contributed by atoms with Crippen LogP contribution in [0.25, 0.3) is 33.5 Å². The number of nitrogens with zero attached hydrogens (tertiary/aromatic N) is 12. The highest BCUT2D eigenvalue weighted by molar-refractivity contribution is 8.32. The molecule has 8 aliphatic heterocycles. The molecule has 85 heavy (non-hydrogen) atoms. The van der Waals surface area contributed by atoms with Crippen molar-refractivity contribution < 1.29 is 76.2 Å².